The molecule has 0 aromatic heterocycles. The highest BCUT2D eigenvalue weighted by molar-refractivity contribution is 4.69. The third kappa shape index (κ3) is 4.21. The molecule has 0 fully saturated rings. The van der Waals surface area contributed by atoms with Crippen LogP contribution in [0, 0.1) is 0 Å². The summed E-state index contributed by atoms with van der Waals surface area (Å²) in [4.78, 5) is 1.43. The zero-order chi connectivity index (χ0) is 9.07. The minimum absolute atomic E-state index is 0.139. The van der Waals surface area contributed by atoms with E-state index in [0.29, 0.717) is 0 Å². The van der Waals surface area contributed by atoms with Crippen molar-refractivity contribution in [1.29, 1.82) is 0 Å². The Bertz CT molecular complexity index is 113. The first kappa shape index (κ1) is 10.7. The lowest BCUT2D eigenvalue weighted by Crippen LogP contribution is -2.39. The van der Waals surface area contributed by atoms with Crippen LogP contribution in [0.5, 0.6) is 0 Å². The van der Waals surface area contributed by atoms with E-state index in [1.54, 1.807) is 14.1 Å². The molecule has 1 atom stereocenters. The second kappa shape index (κ2) is 3.92. The molecule has 0 spiro atoms. The summed E-state index contributed by atoms with van der Waals surface area (Å²) in [6.07, 6.45) is -5.95. The fourth-order valence-corrected chi connectivity index (χ4v) is 0.643. The third-order valence-electron chi connectivity index (χ3n) is 1.18. The van der Waals surface area contributed by atoms with Gasteiger partial charge in [0.1, 0.15) is 0 Å². The molecule has 0 radical (unpaired) electrons. The van der Waals surface area contributed by atoms with Crippen molar-refractivity contribution < 1.29 is 17.9 Å². The van der Waals surface area contributed by atoms with Crippen LogP contribution in [0.3, 0.4) is 0 Å². The van der Waals surface area contributed by atoms with Crippen molar-refractivity contribution >= 4 is 0 Å². The van der Waals surface area contributed by atoms with Crippen LogP contribution in [0.2, 0.25) is 0 Å². The van der Waals surface area contributed by atoms with E-state index in [0.717, 1.165) is 7.11 Å². The molecular formula is C6H12F3NO. The molecular weight excluding hydrogens is 159 g/mol. The highest BCUT2D eigenvalue weighted by Crippen LogP contribution is 2.22. The number of hydrogen-bond acceptors (Lipinski definition) is 2. The van der Waals surface area contributed by atoms with Crippen LogP contribution in [-0.2, 0) is 4.74 Å². The number of likely N-dealkylation sites (N-methyl/N-ethyl adjacent to an activating group) is 1. The summed E-state index contributed by atoms with van der Waals surface area (Å²) in [7, 11) is 4.19. The maximum absolute atomic E-state index is 11.9. The van der Waals surface area contributed by atoms with Crippen LogP contribution in [0.4, 0.5) is 13.2 Å². The van der Waals surface area contributed by atoms with Gasteiger partial charge in [-0.3, -0.25) is 0 Å². The van der Waals surface area contributed by atoms with Gasteiger partial charge in [0.05, 0.1) is 0 Å². The van der Waals surface area contributed by atoms with Gasteiger partial charge < -0.3 is 9.64 Å². The van der Waals surface area contributed by atoms with Gasteiger partial charge in [0.2, 0.25) is 0 Å². The van der Waals surface area contributed by atoms with Crippen LogP contribution < -0.4 is 0 Å². The summed E-state index contributed by atoms with van der Waals surface area (Å²) in [5.74, 6) is 0. The van der Waals surface area contributed by atoms with E-state index in [4.69, 9.17) is 0 Å². The van der Waals surface area contributed by atoms with Crippen LogP contribution in [0.25, 0.3) is 0 Å². The predicted octanol–water partition coefficient (Wildman–Crippen LogP) is 1.13. The molecule has 0 saturated carbocycles. The molecule has 0 aliphatic rings. The van der Waals surface area contributed by atoms with Crippen LogP contribution in [-0.4, -0.2) is 44.9 Å². The van der Waals surface area contributed by atoms with Crippen molar-refractivity contribution in [2.24, 2.45) is 0 Å². The maximum Gasteiger partial charge on any atom is 0.415 e. The summed E-state index contributed by atoms with van der Waals surface area (Å²) in [5, 5.41) is 0. The fraction of sp³-hybridized carbons (Fsp3) is 1.00. The fourth-order valence-electron chi connectivity index (χ4n) is 0.643. The molecule has 0 aromatic rings. The van der Waals surface area contributed by atoms with E-state index >= 15 is 0 Å². The van der Waals surface area contributed by atoms with E-state index < -0.39 is 12.3 Å². The third-order valence-corrected chi connectivity index (χ3v) is 1.18. The van der Waals surface area contributed by atoms with E-state index in [2.05, 4.69) is 4.74 Å². The molecule has 0 rings (SSSR count). The molecule has 0 saturated heterocycles. The Balaban J connectivity index is 3.96. The molecule has 2 nitrogen and oxygen atoms in total. The van der Waals surface area contributed by atoms with Crippen molar-refractivity contribution in [2.75, 3.05) is 27.7 Å². The molecule has 0 aliphatic carbocycles. The van der Waals surface area contributed by atoms with Gasteiger partial charge in [0, 0.05) is 13.7 Å². The van der Waals surface area contributed by atoms with Gasteiger partial charge in [0.25, 0.3) is 0 Å². The number of hydrogen-bond donors (Lipinski definition) is 0. The molecule has 0 N–H and O–H groups in total. The van der Waals surface area contributed by atoms with Gasteiger partial charge in [0.15, 0.2) is 6.10 Å². The van der Waals surface area contributed by atoms with E-state index in [1.807, 2.05) is 0 Å². The van der Waals surface area contributed by atoms with E-state index in [-0.39, 0.29) is 6.54 Å². The van der Waals surface area contributed by atoms with Crippen molar-refractivity contribution in [3.63, 3.8) is 0 Å². The average molecular weight is 171 g/mol. The summed E-state index contributed by atoms with van der Waals surface area (Å²) >= 11 is 0. The second-order valence-corrected chi connectivity index (χ2v) is 2.53. The molecule has 0 aromatic carbocycles. The molecule has 0 bridgehead atoms. The second-order valence-electron chi connectivity index (χ2n) is 2.53. The normalized spacial score (nSPS) is 15.5. The van der Waals surface area contributed by atoms with Gasteiger partial charge in [-0.1, -0.05) is 0 Å². The first-order chi connectivity index (χ1) is 4.88. The Morgan fingerprint density at radius 3 is 1.91 bits per heavy atom. The van der Waals surface area contributed by atoms with Gasteiger partial charge in [-0.2, -0.15) is 13.2 Å². The summed E-state index contributed by atoms with van der Waals surface area (Å²) < 4.78 is 40.0. The largest absolute Gasteiger partial charge is 0.415 e. The minimum Gasteiger partial charge on any atom is -0.371 e. The summed E-state index contributed by atoms with van der Waals surface area (Å²) in [6.45, 7) is -0.139. The molecule has 68 valence electrons. The van der Waals surface area contributed by atoms with Gasteiger partial charge in [-0.25, -0.2) is 0 Å². The Hall–Kier alpha value is -0.290. The van der Waals surface area contributed by atoms with Crippen molar-refractivity contribution in [2.45, 2.75) is 12.3 Å². The van der Waals surface area contributed by atoms with E-state index in [1.165, 1.54) is 4.90 Å². The summed E-state index contributed by atoms with van der Waals surface area (Å²) in [5.41, 5.74) is 0. The van der Waals surface area contributed by atoms with Crippen molar-refractivity contribution in [1.82, 2.24) is 4.90 Å². The number of nitrogens with zero attached hydrogens (tertiary/aromatic N) is 1. The Morgan fingerprint density at radius 2 is 1.82 bits per heavy atom. The highest BCUT2D eigenvalue weighted by Gasteiger charge is 2.39. The quantitative estimate of drug-likeness (QED) is 0.631. The molecule has 0 unspecified atom stereocenters. The number of alkyl halides is 3. The minimum atomic E-state index is -4.26. The van der Waals surface area contributed by atoms with Gasteiger partial charge in [-0.15, -0.1) is 0 Å². The number of halogens is 3. The van der Waals surface area contributed by atoms with Crippen molar-refractivity contribution in [3.05, 3.63) is 0 Å². The van der Waals surface area contributed by atoms with Gasteiger partial charge >= 0.3 is 6.18 Å². The lowest BCUT2D eigenvalue weighted by atomic mass is 10.3. The molecule has 0 heterocycles. The first-order valence-electron chi connectivity index (χ1n) is 3.12. The maximum atomic E-state index is 11.9. The first-order valence-corrected chi connectivity index (χ1v) is 3.12. The van der Waals surface area contributed by atoms with Crippen LogP contribution in [0.1, 0.15) is 0 Å². The monoisotopic (exact) mass is 171 g/mol. The Labute approximate surface area is 63.9 Å². The smallest absolute Gasteiger partial charge is 0.371 e. The zero-order valence-electron chi connectivity index (χ0n) is 6.77. The lowest BCUT2D eigenvalue weighted by Gasteiger charge is -2.21. The van der Waals surface area contributed by atoms with Crippen molar-refractivity contribution in [3.8, 4) is 0 Å². The lowest BCUT2D eigenvalue weighted by molar-refractivity contribution is -0.215. The molecule has 0 amide bonds. The molecule has 11 heavy (non-hydrogen) atoms. The summed E-state index contributed by atoms with van der Waals surface area (Å²) in [6, 6.07) is 0. The molecule has 5 heteroatoms. The standard InChI is InChI=1S/C6H12F3NO/c1-10(2)4-5(11-3)6(7,8)9/h5H,4H2,1-3H3/t5-/m1/s1. The van der Waals surface area contributed by atoms with Crippen LogP contribution >= 0.6 is 0 Å². The van der Waals surface area contributed by atoms with Gasteiger partial charge in [-0.05, 0) is 14.1 Å². The Kier molecular flexibility index (Phi) is 3.82. The van der Waals surface area contributed by atoms with Crippen LogP contribution in [0.15, 0.2) is 0 Å². The number of rotatable bonds is 3. The average Bonchev–Trinajstić information content (AvgIpc) is 1.79. The zero-order valence-corrected chi connectivity index (χ0v) is 6.77. The topological polar surface area (TPSA) is 12.5 Å². The number of ether oxygens (including phenoxy) is 1. The van der Waals surface area contributed by atoms with E-state index in [9.17, 15) is 13.2 Å². The Morgan fingerprint density at radius 1 is 1.36 bits per heavy atom. The SMILES string of the molecule is CO[C@H](CN(C)C)C(F)(F)F. The molecule has 0 aliphatic heterocycles. The highest BCUT2D eigenvalue weighted by atomic mass is 19.4. The predicted molar refractivity (Wildman–Crippen MR) is 35.4 cm³/mol. The number of methoxy groups -OCH3 is 1.